The van der Waals surface area contributed by atoms with E-state index < -0.39 is 28.5 Å². The van der Waals surface area contributed by atoms with Crippen molar-refractivity contribution < 1.29 is 18.0 Å². The van der Waals surface area contributed by atoms with Crippen LogP contribution in [0.15, 0.2) is 108 Å². The second-order valence-electron chi connectivity index (χ2n) is 10.4. The van der Waals surface area contributed by atoms with Crippen LogP contribution in [-0.2, 0) is 32.6 Å². The monoisotopic (exact) mass is 617 g/mol. The first-order valence-corrected chi connectivity index (χ1v) is 15.9. The summed E-state index contributed by atoms with van der Waals surface area (Å²) in [6.07, 6.45) is 0.263. The first-order valence-electron chi connectivity index (χ1n) is 14.1. The van der Waals surface area contributed by atoms with Gasteiger partial charge in [0.05, 0.1) is 10.6 Å². The van der Waals surface area contributed by atoms with Crippen LogP contribution in [0.2, 0.25) is 5.02 Å². The molecule has 0 spiro atoms. The summed E-state index contributed by atoms with van der Waals surface area (Å²) in [5.74, 6) is -0.814. The molecule has 0 aromatic heterocycles. The van der Waals surface area contributed by atoms with Crippen LogP contribution in [0.1, 0.15) is 29.2 Å². The molecule has 0 bridgehead atoms. The number of anilines is 1. The number of rotatable bonds is 12. The van der Waals surface area contributed by atoms with Crippen molar-refractivity contribution >= 4 is 39.1 Å². The molecule has 0 aliphatic heterocycles. The molecule has 2 amide bonds. The van der Waals surface area contributed by atoms with Crippen LogP contribution in [-0.4, -0.2) is 44.3 Å². The molecule has 0 unspecified atom stereocenters. The van der Waals surface area contributed by atoms with Gasteiger partial charge in [-0.2, -0.15) is 0 Å². The van der Waals surface area contributed by atoms with Crippen LogP contribution >= 0.6 is 11.6 Å². The molecule has 0 saturated carbocycles. The predicted octanol–water partition coefficient (Wildman–Crippen LogP) is 5.93. The number of aryl methyl sites for hydroxylation is 2. The summed E-state index contributed by atoms with van der Waals surface area (Å²) in [5, 5.41) is 3.27. The molecule has 43 heavy (non-hydrogen) atoms. The van der Waals surface area contributed by atoms with E-state index in [1.165, 1.54) is 29.2 Å². The smallest absolute Gasteiger partial charge is 0.264 e. The van der Waals surface area contributed by atoms with E-state index >= 15 is 0 Å². The van der Waals surface area contributed by atoms with Gasteiger partial charge in [0.2, 0.25) is 11.8 Å². The van der Waals surface area contributed by atoms with Gasteiger partial charge in [0.1, 0.15) is 12.6 Å². The van der Waals surface area contributed by atoms with Gasteiger partial charge in [0.15, 0.2) is 0 Å². The Hall–Kier alpha value is -4.14. The Kier molecular flexibility index (Phi) is 10.6. The van der Waals surface area contributed by atoms with Crippen LogP contribution < -0.4 is 9.62 Å². The SMILES string of the molecule is CCNC(=O)[C@H](Cc1ccccc1)N(Cc1ccccc1C)C(=O)CN(c1cccc(C)c1)S(=O)(=O)c1ccc(Cl)cc1. The first kappa shape index (κ1) is 31.8. The third-order valence-corrected chi connectivity index (χ3v) is 9.23. The van der Waals surface area contributed by atoms with E-state index in [0.29, 0.717) is 17.3 Å². The Labute approximate surface area is 259 Å². The van der Waals surface area contributed by atoms with Crippen molar-refractivity contribution in [2.24, 2.45) is 0 Å². The molecule has 7 nitrogen and oxygen atoms in total. The lowest BCUT2D eigenvalue weighted by Crippen LogP contribution is -2.53. The minimum Gasteiger partial charge on any atom is -0.355 e. The molecule has 0 fully saturated rings. The number of carbonyl (C=O) groups is 2. The Morgan fingerprint density at radius 2 is 1.53 bits per heavy atom. The maximum atomic E-state index is 14.4. The number of hydrogen-bond donors (Lipinski definition) is 1. The Balaban J connectivity index is 1.80. The number of amides is 2. The molecular weight excluding hydrogens is 582 g/mol. The lowest BCUT2D eigenvalue weighted by Gasteiger charge is -2.34. The number of hydrogen-bond acceptors (Lipinski definition) is 4. The number of benzene rings is 4. The molecule has 0 aliphatic rings. The average molecular weight is 618 g/mol. The third-order valence-electron chi connectivity index (χ3n) is 7.19. The average Bonchev–Trinajstić information content (AvgIpc) is 2.99. The zero-order valence-corrected chi connectivity index (χ0v) is 26.1. The molecular formula is C34H36ClN3O4S. The van der Waals surface area contributed by atoms with Gasteiger partial charge in [-0.3, -0.25) is 13.9 Å². The second-order valence-corrected chi connectivity index (χ2v) is 12.7. The summed E-state index contributed by atoms with van der Waals surface area (Å²) in [7, 11) is -4.19. The largest absolute Gasteiger partial charge is 0.355 e. The van der Waals surface area contributed by atoms with Crippen molar-refractivity contribution in [3.63, 3.8) is 0 Å². The summed E-state index contributed by atoms with van der Waals surface area (Å²) in [4.78, 5) is 29.5. The van der Waals surface area contributed by atoms with E-state index in [4.69, 9.17) is 11.6 Å². The Morgan fingerprint density at radius 1 is 0.860 bits per heavy atom. The number of nitrogens with zero attached hydrogens (tertiary/aromatic N) is 2. The molecule has 1 N–H and O–H groups in total. The van der Waals surface area contributed by atoms with Crippen LogP contribution in [0.25, 0.3) is 0 Å². The van der Waals surface area contributed by atoms with Gasteiger partial charge in [-0.25, -0.2) is 8.42 Å². The first-order chi connectivity index (χ1) is 20.6. The van der Waals surface area contributed by atoms with E-state index in [2.05, 4.69) is 5.32 Å². The molecule has 4 rings (SSSR count). The summed E-state index contributed by atoms with van der Waals surface area (Å²) in [5.41, 5.74) is 3.88. The zero-order valence-electron chi connectivity index (χ0n) is 24.5. The number of likely N-dealkylation sites (N-methyl/N-ethyl adjacent to an activating group) is 1. The van der Waals surface area contributed by atoms with Gasteiger partial charge >= 0.3 is 0 Å². The van der Waals surface area contributed by atoms with E-state index in [0.717, 1.165) is 26.6 Å². The van der Waals surface area contributed by atoms with Gasteiger partial charge in [-0.05, 0) is 79.4 Å². The maximum Gasteiger partial charge on any atom is 0.264 e. The fraction of sp³-hybridized carbons (Fsp3) is 0.235. The Bertz CT molecular complexity index is 1660. The van der Waals surface area contributed by atoms with Gasteiger partial charge < -0.3 is 10.2 Å². The van der Waals surface area contributed by atoms with Crippen molar-refractivity contribution in [1.29, 1.82) is 0 Å². The number of halogens is 1. The number of nitrogens with one attached hydrogen (secondary N) is 1. The minimum absolute atomic E-state index is 0.00113. The van der Waals surface area contributed by atoms with Crippen molar-refractivity contribution in [3.8, 4) is 0 Å². The van der Waals surface area contributed by atoms with Crippen molar-refractivity contribution in [3.05, 3.63) is 130 Å². The normalized spacial score (nSPS) is 11.9. The van der Waals surface area contributed by atoms with Gasteiger partial charge in [-0.1, -0.05) is 78.3 Å². The summed E-state index contributed by atoms with van der Waals surface area (Å²) in [6, 6.07) is 29.1. The molecule has 0 heterocycles. The highest BCUT2D eigenvalue weighted by atomic mass is 35.5. The highest BCUT2D eigenvalue weighted by Crippen LogP contribution is 2.27. The van der Waals surface area contributed by atoms with Crippen molar-refractivity contribution in [2.75, 3.05) is 17.4 Å². The van der Waals surface area contributed by atoms with E-state index in [1.54, 1.807) is 18.2 Å². The van der Waals surface area contributed by atoms with E-state index in [9.17, 15) is 18.0 Å². The summed E-state index contributed by atoms with van der Waals surface area (Å²) >= 11 is 6.04. The van der Waals surface area contributed by atoms with Gasteiger partial charge in [0.25, 0.3) is 10.0 Å². The topological polar surface area (TPSA) is 86.8 Å². The fourth-order valence-electron chi connectivity index (χ4n) is 4.86. The number of sulfonamides is 1. The third kappa shape index (κ3) is 8.03. The predicted molar refractivity (Wildman–Crippen MR) is 172 cm³/mol. The van der Waals surface area contributed by atoms with Gasteiger partial charge in [0, 0.05) is 24.5 Å². The molecule has 4 aromatic carbocycles. The molecule has 0 aliphatic carbocycles. The van der Waals surface area contributed by atoms with Crippen molar-refractivity contribution in [1.82, 2.24) is 10.2 Å². The summed E-state index contributed by atoms with van der Waals surface area (Å²) < 4.78 is 29.2. The lowest BCUT2D eigenvalue weighted by atomic mass is 10.0. The second kappa shape index (κ2) is 14.4. The van der Waals surface area contributed by atoms with Crippen LogP contribution in [0.5, 0.6) is 0 Å². The zero-order chi connectivity index (χ0) is 31.0. The van der Waals surface area contributed by atoms with E-state index in [-0.39, 0.29) is 23.8 Å². The molecule has 1 atom stereocenters. The van der Waals surface area contributed by atoms with Crippen LogP contribution in [0.4, 0.5) is 5.69 Å². The molecule has 9 heteroatoms. The van der Waals surface area contributed by atoms with Crippen LogP contribution in [0, 0.1) is 13.8 Å². The minimum atomic E-state index is -4.19. The van der Waals surface area contributed by atoms with E-state index in [1.807, 2.05) is 81.4 Å². The standard InChI is InChI=1S/C34H36ClN3O4S/c1-4-36-34(40)32(22-27-13-6-5-7-14-27)37(23-28-15-9-8-12-26(28)3)33(39)24-38(30-16-10-11-25(2)21-30)43(41,42)31-19-17-29(35)18-20-31/h5-21,32H,4,22-24H2,1-3H3,(H,36,40)/t32-/m0/s1. The molecule has 0 radical (unpaired) electrons. The van der Waals surface area contributed by atoms with Crippen molar-refractivity contribution in [2.45, 2.75) is 44.7 Å². The molecule has 4 aromatic rings. The summed E-state index contributed by atoms with van der Waals surface area (Å²) in [6.45, 7) is 5.63. The quantitative estimate of drug-likeness (QED) is 0.214. The van der Waals surface area contributed by atoms with Gasteiger partial charge in [-0.15, -0.1) is 0 Å². The lowest BCUT2D eigenvalue weighted by molar-refractivity contribution is -0.140. The highest BCUT2D eigenvalue weighted by molar-refractivity contribution is 7.92. The maximum absolute atomic E-state index is 14.4. The molecule has 0 saturated heterocycles. The number of carbonyl (C=O) groups excluding carboxylic acids is 2. The van der Waals surface area contributed by atoms with Crippen LogP contribution in [0.3, 0.4) is 0 Å². The fourth-order valence-corrected chi connectivity index (χ4v) is 6.39. The Morgan fingerprint density at radius 3 is 2.19 bits per heavy atom. The highest BCUT2D eigenvalue weighted by Gasteiger charge is 2.34. The molecule has 224 valence electrons.